The zero-order chi connectivity index (χ0) is 9.40. The molecule has 4 nitrogen and oxygen atoms in total. The Hall–Kier alpha value is -1.16. The summed E-state index contributed by atoms with van der Waals surface area (Å²) in [5.41, 5.74) is 0. The van der Waals surface area contributed by atoms with Gasteiger partial charge in [0.1, 0.15) is 6.29 Å². The van der Waals surface area contributed by atoms with Gasteiger partial charge in [0, 0.05) is 6.42 Å². The highest BCUT2D eigenvalue weighted by molar-refractivity contribution is 5.66. The molecule has 0 fully saturated rings. The summed E-state index contributed by atoms with van der Waals surface area (Å²) in [6.45, 7) is 0. The lowest BCUT2D eigenvalue weighted by atomic mass is 10.1. The van der Waals surface area contributed by atoms with E-state index in [-0.39, 0.29) is 6.42 Å². The molecule has 0 bridgehead atoms. The van der Waals surface area contributed by atoms with Crippen LogP contribution in [0.2, 0.25) is 0 Å². The smallest absolute Gasteiger partial charge is 0.303 e. The number of aliphatic carboxylic acids is 1. The maximum atomic E-state index is 10.0. The number of allylic oxidation sites excluding steroid dienone is 1. The van der Waals surface area contributed by atoms with E-state index in [1.54, 1.807) is 0 Å². The average Bonchev–Trinajstić information content (AvgIpc) is 2.00. The van der Waals surface area contributed by atoms with E-state index >= 15 is 0 Å². The van der Waals surface area contributed by atoms with Gasteiger partial charge in [0.15, 0.2) is 0 Å². The predicted octanol–water partition coefficient (Wildman–Crippen LogP) is 0.357. The van der Waals surface area contributed by atoms with Gasteiger partial charge in [-0.1, -0.05) is 6.08 Å². The van der Waals surface area contributed by atoms with Gasteiger partial charge < -0.3 is 10.2 Å². The van der Waals surface area contributed by atoms with Gasteiger partial charge in [-0.25, -0.2) is 0 Å². The van der Waals surface area contributed by atoms with Crippen LogP contribution in [0.1, 0.15) is 19.3 Å². The molecule has 0 rings (SSSR count). The van der Waals surface area contributed by atoms with E-state index in [1.807, 2.05) is 0 Å². The molecule has 0 aliphatic rings. The Bertz CT molecular complexity index is 174. The third-order valence-electron chi connectivity index (χ3n) is 1.30. The Balaban J connectivity index is 3.43. The number of carbonyl (C=O) groups excluding carboxylic acids is 1. The second kappa shape index (κ2) is 6.54. The first kappa shape index (κ1) is 10.8. The SMILES string of the molecule is O=C/C=C/C(O)CCCC(=O)O. The van der Waals surface area contributed by atoms with Crippen molar-refractivity contribution in [2.45, 2.75) is 25.4 Å². The molecule has 0 aromatic heterocycles. The molecule has 0 spiro atoms. The molecule has 0 aromatic rings. The van der Waals surface area contributed by atoms with E-state index in [1.165, 1.54) is 12.2 Å². The number of carbonyl (C=O) groups is 2. The highest BCUT2D eigenvalue weighted by atomic mass is 16.4. The number of carboxylic acid groups (broad SMARTS) is 1. The molecule has 4 heteroatoms. The molecule has 0 aromatic carbocycles. The minimum atomic E-state index is -0.874. The number of aliphatic hydroxyl groups excluding tert-OH is 1. The molecule has 0 aliphatic carbocycles. The number of aldehydes is 1. The van der Waals surface area contributed by atoms with Crippen molar-refractivity contribution < 1.29 is 19.8 Å². The predicted molar refractivity (Wildman–Crippen MR) is 42.7 cm³/mol. The van der Waals surface area contributed by atoms with Crippen LogP contribution in [0.3, 0.4) is 0 Å². The first-order valence-electron chi connectivity index (χ1n) is 3.68. The number of rotatable bonds is 6. The Morgan fingerprint density at radius 2 is 2.17 bits per heavy atom. The molecule has 2 N–H and O–H groups in total. The third-order valence-corrected chi connectivity index (χ3v) is 1.30. The maximum Gasteiger partial charge on any atom is 0.303 e. The van der Waals surface area contributed by atoms with E-state index in [0.717, 1.165) is 0 Å². The minimum Gasteiger partial charge on any atom is -0.481 e. The molecule has 0 saturated heterocycles. The number of carboxylic acids is 1. The minimum absolute atomic E-state index is 0.0476. The fourth-order valence-electron chi connectivity index (χ4n) is 0.732. The largest absolute Gasteiger partial charge is 0.481 e. The Morgan fingerprint density at radius 3 is 2.67 bits per heavy atom. The number of aliphatic hydroxyl groups is 1. The summed E-state index contributed by atoms with van der Waals surface area (Å²) in [5, 5.41) is 17.3. The molecule has 68 valence electrons. The van der Waals surface area contributed by atoms with Crippen molar-refractivity contribution in [2.75, 3.05) is 0 Å². The standard InChI is InChI=1S/C8H12O4/c9-6-2-4-7(10)3-1-5-8(11)12/h2,4,6-7,10H,1,3,5H2,(H,11,12)/b4-2+. The van der Waals surface area contributed by atoms with E-state index in [4.69, 9.17) is 10.2 Å². The van der Waals surface area contributed by atoms with Gasteiger partial charge in [-0.3, -0.25) is 9.59 Å². The molecule has 1 atom stereocenters. The quantitative estimate of drug-likeness (QED) is 0.448. The Labute approximate surface area is 70.5 Å². The van der Waals surface area contributed by atoms with Crippen LogP contribution in [0.5, 0.6) is 0 Å². The summed E-state index contributed by atoms with van der Waals surface area (Å²) >= 11 is 0. The van der Waals surface area contributed by atoms with E-state index in [0.29, 0.717) is 19.1 Å². The molecule has 0 radical (unpaired) electrons. The monoisotopic (exact) mass is 172 g/mol. The fourth-order valence-corrected chi connectivity index (χ4v) is 0.732. The first-order chi connectivity index (χ1) is 5.66. The topological polar surface area (TPSA) is 74.6 Å². The molecule has 0 amide bonds. The van der Waals surface area contributed by atoms with Gasteiger partial charge in [0.2, 0.25) is 0 Å². The zero-order valence-corrected chi connectivity index (χ0v) is 6.64. The third kappa shape index (κ3) is 6.95. The van der Waals surface area contributed by atoms with Crippen LogP contribution in [0.4, 0.5) is 0 Å². The summed E-state index contributed by atoms with van der Waals surface area (Å²) in [6, 6.07) is 0. The lowest BCUT2D eigenvalue weighted by molar-refractivity contribution is -0.137. The molecule has 12 heavy (non-hydrogen) atoms. The lowest BCUT2D eigenvalue weighted by Gasteiger charge is -2.01. The highest BCUT2D eigenvalue weighted by Crippen LogP contribution is 2.01. The zero-order valence-electron chi connectivity index (χ0n) is 6.64. The van der Waals surface area contributed by atoms with Gasteiger partial charge in [0.05, 0.1) is 6.10 Å². The number of hydrogen-bond donors (Lipinski definition) is 2. The van der Waals surface area contributed by atoms with Crippen molar-refractivity contribution in [3.63, 3.8) is 0 Å². The Kier molecular flexibility index (Phi) is 5.91. The second-order valence-electron chi connectivity index (χ2n) is 2.37. The average molecular weight is 172 g/mol. The van der Waals surface area contributed by atoms with Crippen LogP contribution in [0.25, 0.3) is 0 Å². The molecule has 0 saturated carbocycles. The summed E-state index contributed by atoms with van der Waals surface area (Å²) in [6.07, 6.45) is 3.23. The van der Waals surface area contributed by atoms with Crippen molar-refractivity contribution >= 4 is 12.3 Å². The number of hydrogen-bond acceptors (Lipinski definition) is 3. The normalized spacial score (nSPS) is 13.1. The van der Waals surface area contributed by atoms with Crippen molar-refractivity contribution in [2.24, 2.45) is 0 Å². The van der Waals surface area contributed by atoms with Gasteiger partial charge >= 0.3 is 5.97 Å². The van der Waals surface area contributed by atoms with E-state index in [2.05, 4.69) is 0 Å². The summed E-state index contributed by atoms with van der Waals surface area (Å²) in [5.74, 6) is -0.874. The second-order valence-corrected chi connectivity index (χ2v) is 2.37. The summed E-state index contributed by atoms with van der Waals surface area (Å²) in [4.78, 5) is 19.8. The van der Waals surface area contributed by atoms with Gasteiger partial charge in [-0.05, 0) is 18.9 Å². The van der Waals surface area contributed by atoms with Gasteiger partial charge in [-0.2, -0.15) is 0 Å². The van der Waals surface area contributed by atoms with Crippen LogP contribution in [-0.2, 0) is 9.59 Å². The van der Waals surface area contributed by atoms with Crippen LogP contribution in [0, 0.1) is 0 Å². The van der Waals surface area contributed by atoms with Crippen molar-refractivity contribution in [3.05, 3.63) is 12.2 Å². The highest BCUT2D eigenvalue weighted by Gasteiger charge is 2.01. The van der Waals surface area contributed by atoms with Crippen LogP contribution < -0.4 is 0 Å². The van der Waals surface area contributed by atoms with Crippen LogP contribution in [0.15, 0.2) is 12.2 Å². The van der Waals surface area contributed by atoms with Crippen molar-refractivity contribution in [3.8, 4) is 0 Å². The van der Waals surface area contributed by atoms with E-state index in [9.17, 15) is 9.59 Å². The lowest BCUT2D eigenvalue weighted by Crippen LogP contribution is -2.03. The van der Waals surface area contributed by atoms with Crippen LogP contribution in [-0.4, -0.2) is 28.6 Å². The van der Waals surface area contributed by atoms with E-state index < -0.39 is 12.1 Å². The molecular weight excluding hydrogens is 160 g/mol. The molecule has 0 aliphatic heterocycles. The first-order valence-corrected chi connectivity index (χ1v) is 3.68. The maximum absolute atomic E-state index is 10.0. The molecule has 0 heterocycles. The fraction of sp³-hybridized carbons (Fsp3) is 0.500. The van der Waals surface area contributed by atoms with Crippen molar-refractivity contribution in [1.82, 2.24) is 0 Å². The molecular formula is C8H12O4. The molecule has 1 unspecified atom stereocenters. The van der Waals surface area contributed by atoms with Gasteiger partial charge in [-0.15, -0.1) is 0 Å². The Morgan fingerprint density at radius 1 is 1.50 bits per heavy atom. The van der Waals surface area contributed by atoms with Crippen molar-refractivity contribution in [1.29, 1.82) is 0 Å². The summed E-state index contributed by atoms with van der Waals surface area (Å²) in [7, 11) is 0. The van der Waals surface area contributed by atoms with Gasteiger partial charge in [0.25, 0.3) is 0 Å². The summed E-state index contributed by atoms with van der Waals surface area (Å²) < 4.78 is 0. The van der Waals surface area contributed by atoms with Crippen LogP contribution >= 0.6 is 0 Å².